The summed E-state index contributed by atoms with van der Waals surface area (Å²) < 4.78 is 1.72. The van der Waals surface area contributed by atoms with Gasteiger partial charge >= 0.3 is 0 Å². The summed E-state index contributed by atoms with van der Waals surface area (Å²) in [6.45, 7) is 3.89. The molecule has 0 spiro atoms. The lowest BCUT2D eigenvalue weighted by Gasteiger charge is -2.10. The molecule has 152 valence electrons. The van der Waals surface area contributed by atoms with Gasteiger partial charge < -0.3 is 5.32 Å². The van der Waals surface area contributed by atoms with Crippen LogP contribution in [0.1, 0.15) is 27.3 Å². The van der Waals surface area contributed by atoms with E-state index in [9.17, 15) is 4.79 Å². The Kier molecular flexibility index (Phi) is 5.94. The molecule has 0 aliphatic rings. The van der Waals surface area contributed by atoms with Crippen molar-refractivity contribution in [3.8, 4) is 0 Å². The van der Waals surface area contributed by atoms with Crippen LogP contribution in [0.2, 0.25) is 10.0 Å². The number of amides is 1. The summed E-state index contributed by atoms with van der Waals surface area (Å²) in [5.74, 6) is 0.890. The van der Waals surface area contributed by atoms with Gasteiger partial charge in [-0.05, 0) is 49.7 Å². The van der Waals surface area contributed by atoms with Gasteiger partial charge in [0.2, 0.25) is 5.16 Å². The van der Waals surface area contributed by atoms with Crippen LogP contribution in [0, 0.1) is 13.8 Å². The Bertz CT molecular complexity index is 1260. The first-order chi connectivity index (χ1) is 14.4. The van der Waals surface area contributed by atoms with Crippen molar-refractivity contribution in [3.63, 3.8) is 0 Å². The van der Waals surface area contributed by atoms with Crippen LogP contribution in [0.25, 0.3) is 5.78 Å². The minimum Gasteiger partial charge on any atom is -0.322 e. The topological polar surface area (TPSA) is 72.2 Å². The molecule has 2 heterocycles. The Labute approximate surface area is 187 Å². The highest BCUT2D eigenvalue weighted by Crippen LogP contribution is 2.26. The molecule has 4 aromatic rings. The molecule has 1 amide bonds. The summed E-state index contributed by atoms with van der Waals surface area (Å²) in [7, 11) is 0. The van der Waals surface area contributed by atoms with Crippen LogP contribution in [-0.2, 0) is 5.75 Å². The summed E-state index contributed by atoms with van der Waals surface area (Å²) in [6, 6.07) is 14.4. The predicted molar refractivity (Wildman–Crippen MR) is 121 cm³/mol. The highest BCUT2D eigenvalue weighted by molar-refractivity contribution is 7.98. The van der Waals surface area contributed by atoms with Crippen LogP contribution in [0.5, 0.6) is 0 Å². The van der Waals surface area contributed by atoms with Crippen molar-refractivity contribution in [2.75, 3.05) is 5.32 Å². The number of nitrogens with zero attached hydrogens (tertiary/aromatic N) is 4. The zero-order chi connectivity index (χ0) is 21.3. The molecule has 1 N–H and O–H groups in total. The maximum atomic E-state index is 12.8. The summed E-state index contributed by atoms with van der Waals surface area (Å²) >= 11 is 13.4. The number of hydrogen-bond donors (Lipinski definition) is 1. The molecular weight excluding hydrogens is 441 g/mol. The molecule has 0 unspecified atom stereocenters. The van der Waals surface area contributed by atoms with Crippen molar-refractivity contribution in [2.45, 2.75) is 24.8 Å². The van der Waals surface area contributed by atoms with E-state index in [4.69, 9.17) is 23.2 Å². The third-order valence-electron chi connectivity index (χ3n) is 4.40. The van der Waals surface area contributed by atoms with Crippen LogP contribution in [0.3, 0.4) is 0 Å². The smallest absolute Gasteiger partial charge is 0.255 e. The first kappa shape index (κ1) is 20.7. The number of carbonyl (C=O) groups excluding carboxylic acids is 1. The molecule has 0 saturated heterocycles. The van der Waals surface area contributed by atoms with E-state index in [1.807, 2.05) is 38.1 Å². The molecule has 0 aliphatic carbocycles. The molecule has 2 aromatic heterocycles. The number of anilines is 1. The van der Waals surface area contributed by atoms with Gasteiger partial charge in [-0.1, -0.05) is 53.2 Å². The average molecular weight is 458 g/mol. The zero-order valence-corrected chi connectivity index (χ0v) is 18.5. The fourth-order valence-corrected chi connectivity index (χ4v) is 4.11. The van der Waals surface area contributed by atoms with E-state index in [0.29, 0.717) is 38.0 Å². The van der Waals surface area contributed by atoms with Crippen LogP contribution in [-0.4, -0.2) is 25.5 Å². The standard InChI is InChI=1S/C21H17Cl2N5OS/c1-12-9-13(2)28-20(24-12)26-21(27-28)30-11-14-5-3-4-6-16(14)19(29)25-15-7-8-17(22)18(23)10-15/h3-10H,11H2,1-2H3,(H,25,29). The first-order valence-corrected chi connectivity index (χ1v) is 10.8. The molecule has 2 aromatic carbocycles. The van der Waals surface area contributed by atoms with Crippen molar-refractivity contribution >= 4 is 52.3 Å². The Morgan fingerprint density at radius 3 is 2.67 bits per heavy atom. The van der Waals surface area contributed by atoms with Gasteiger partial charge in [-0.2, -0.15) is 4.98 Å². The van der Waals surface area contributed by atoms with Crippen LogP contribution in [0.15, 0.2) is 53.7 Å². The van der Waals surface area contributed by atoms with Crippen molar-refractivity contribution in [1.29, 1.82) is 0 Å². The third kappa shape index (κ3) is 4.43. The van der Waals surface area contributed by atoms with Gasteiger partial charge in [0.05, 0.1) is 10.0 Å². The van der Waals surface area contributed by atoms with Gasteiger partial charge in [0.25, 0.3) is 11.7 Å². The summed E-state index contributed by atoms with van der Waals surface area (Å²) in [5, 5.41) is 8.80. The number of nitrogens with one attached hydrogen (secondary N) is 1. The number of aromatic nitrogens is 4. The molecule has 4 rings (SSSR count). The maximum absolute atomic E-state index is 12.8. The number of thioether (sulfide) groups is 1. The lowest BCUT2D eigenvalue weighted by molar-refractivity contribution is 0.102. The number of halogens is 2. The predicted octanol–water partition coefficient (Wildman–Crippen LogP) is 5.59. The van der Waals surface area contributed by atoms with E-state index >= 15 is 0 Å². The number of hydrogen-bond acceptors (Lipinski definition) is 5. The fourth-order valence-electron chi connectivity index (χ4n) is 2.99. The van der Waals surface area contributed by atoms with E-state index in [1.165, 1.54) is 11.8 Å². The lowest BCUT2D eigenvalue weighted by atomic mass is 10.1. The van der Waals surface area contributed by atoms with Crippen molar-refractivity contribution in [1.82, 2.24) is 19.6 Å². The number of carbonyl (C=O) groups is 1. The summed E-state index contributed by atoms with van der Waals surface area (Å²) in [6.07, 6.45) is 0. The summed E-state index contributed by atoms with van der Waals surface area (Å²) in [5.41, 5.74) is 3.90. The molecule has 0 atom stereocenters. The molecule has 0 fully saturated rings. The maximum Gasteiger partial charge on any atom is 0.255 e. The van der Waals surface area contributed by atoms with E-state index in [-0.39, 0.29) is 5.91 Å². The second kappa shape index (κ2) is 8.63. The minimum absolute atomic E-state index is 0.222. The quantitative estimate of drug-likeness (QED) is 0.395. The normalized spacial score (nSPS) is 11.1. The number of benzene rings is 2. The minimum atomic E-state index is -0.222. The average Bonchev–Trinajstić information content (AvgIpc) is 3.12. The molecule has 0 radical (unpaired) electrons. The van der Waals surface area contributed by atoms with Gasteiger partial charge in [0.15, 0.2) is 0 Å². The second-order valence-electron chi connectivity index (χ2n) is 6.67. The summed E-state index contributed by atoms with van der Waals surface area (Å²) in [4.78, 5) is 21.7. The van der Waals surface area contributed by atoms with E-state index in [2.05, 4.69) is 20.4 Å². The molecule has 9 heteroatoms. The molecular formula is C21H17Cl2N5OS. The molecule has 0 aliphatic heterocycles. The highest BCUT2D eigenvalue weighted by Gasteiger charge is 2.14. The molecule has 0 bridgehead atoms. The lowest BCUT2D eigenvalue weighted by Crippen LogP contribution is -2.14. The van der Waals surface area contributed by atoms with Crippen molar-refractivity contribution in [2.24, 2.45) is 0 Å². The molecule has 0 saturated carbocycles. The first-order valence-electron chi connectivity index (χ1n) is 9.09. The number of fused-ring (bicyclic) bond motifs is 1. The zero-order valence-electron chi connectivity index (χ0n) is 16.2. The van der Waals surface area contributed by atoms with Crippen LogP contribution in [0.4, 0.5) is 5.69 Å². The van der Waals surface area contributed by atoms with Gasteiger partial charge in [0, 0.05) is 28.4 Å². The van der Waals surface area contributed by atoms with E-state index in [0.717, 1.165) is 17.0 Å². The van der Waals surface area contributed by atoms with E-state index < -0.39 is 0 Å². The van der Waals surface area contributed by atoms with Gasteiger partial charge in [-0.15, -0.1) is 5.10 Å². The molecule has 6 nitrogen and oxygen atoms in total. The highest BCUT2D eigenvalue weighted by atomic mass is 35.5. The Balaban J connectivity index is 1.52. The van der Waals surface area contributed by atoms with Crippen molar-refractivity contribution < 1.29 is 4.79 Å². The van der Waals surface area contributed by atoms with Crippen LogP contribution < -0.4 is 5.32 Å². The Hall–Kier alpha value is -2.61. The Morgan fingerprint density at radius 1 is 1.07 bits per heavy atom. The SMILES string of the molecule is Cc1cc(C)n2nc(SCc3ccccc3C(=O)Nc3ccc(Cl)c(Cl)c3)nc2n1. The van der Waals surface area contributed by atoms with Gasteiger partial charge in [-0.25, -0.2) is 9.50 Å². The van der Waals surface area contributed by atoms with Crippen LogP contribution >= 0.6 is 35.0 Å². The number of aryl methyl sites for hydroxylation is 2. The fraction of sp³-hybridized carbons (Fsp3) is 0.143. The van der Waals surface area contributed by atoms with Crippen molar-refractivity contribution in [3.05, 3.63) is 81.1 Å². The monoisotopic (exact) mass is 457 g/mol. The second-order valence-corrected chi connectivity index (χ2v) is 8.43. The molecule has 30 heavy (non-hydrogen) atoms. The largest absolute Gasteiger partial charge is 0.322 e. The van der Waals surface area contributed by atoms with E-state index in [1.54, 1.807) is 28.8 Å². The van der Waals surface area contributed by atoms with Gasteiger partial charge in [-0.3, -0.25) is 4.79 Å². The third-order valence-corrected chi connectivity index (χ3v) is 6.02. The Morgan fingerprint density at radius 2 is 1.87 bits per heavy atom. The number of rotatable bonds is 5. The van der Waals surface area contributed by atoms with Gasteiger partial charge in [0.1, 0.15) is 0 Å².